The monoisotopic (exact) mass is 360 g/mol. The van der Waals surface area contributed by atoms with Gasteiger partial charge in [-0.1, -0.05) is 13.5 Å². The number of aldehydes is 1. The zero-order chi connectivity index (χ0) is 19.2. The molecule has 1 aromatic carbocycles. The standard InChI is InChI=1S/C16H15F3O6/c1-4-12(23-14(21)9(2)3)15(22)24-13-6-5-11(7-10(13)8-20)25-16(17,18)19/h5-8,12H,2,4H2,1,3H3. The van der Waals surface area contributed by atoms with Gasteiger partial charge in [-0.3, -0.25) is 4.79 Å². The van der Waals surface area contributed by atoms with Crippen LogP contribution in [0.4, 0.5) is 13.2 Å². The first-order chi connectivity index (χ1) is 11.6. The highest BCUT2D eigenvalue weighted by atomic mass is 19.4. The Morgan fingerprint density at radius 3 is 2.44 bits per heavy atom. The summed E-state index contributed by atoms with van der Waals surface area (Å²) in [6.45, 7) is 6.32. The van der Waals surface area contributed by atoms with Gasteiger partial charge < -0.3 is 14.2 Å². The van der Waals surface area contributed by atoms with Crippen molar-refractivity contribution in [3.8, 4) is 11.5 Å². The van der Waals surface area contributed by atoms with E-state index in [1.807, 2.05) is 0 Å². The summed E-state index contributed by atoms with van der Waals surface area (Å²) in [5.41, 5.74) is -0.260. The molecule has 1 unspecified atom stereocenters. The molecule has 1 atom stereocenters. The zero-order valence-electron chi connectivity index (χ0n) is 13.4. The Hall–Kier alpha value is -2.84. The van der Waals surface area contributed by atoms with Crippen LogP contribution in [0.2, 0.25) is 0 Å². The summed E-state index contributed by atoms with van der Waals surface area (Å²) in [7, 11) is 0. The highest BCUT2D eigenvalue weighted by Crippen LogP contribution is 2.28. The minimum atomic E-state index is -4.93. The van der Waals surface area contributed by atoms with Crippen LogP contribution in [-0.4, -0.2) is 30.7 Å². The molecule has 136 valence electrons. The Morgan fingerprint density at radius 1 is 1.32 bits per heavy atom. The third-order valence-electron chi connectivity index (χ3n) is 2.78. The number of halogens is 3. The second kappa shape index (κ2) is 8.32. The van der Waals surface area contributed by atoms with E-state index < -0.39 is 30.2 Å². The predicted molar refractivity (Wildman–Crippen MR) is 79.1 cm³/mol. The quantitative estimate of drug-likeness (QED) is 0.322. The van der Waals surface area contributed by atoms with Gasteiger partial charge in [0.1, 0.15) is 11.5 Å². The molecule has 0 saturated carbocycles. The summed E-state index contributed by atoms with van der Waals surface area (Å²) < 4.78 is 50.0. The maximum atomic E-state index is 12.2. The maximum absolute atomic E-state index is 12.2. The number of esters is 2. The average Bonchev–Trinajstić information content (AvgIpc) is 2.51. The first-order valence-electron chi connectivity index (χ1n) is 7.00. The molecule has 0 aromatic heterocycles. The Balaban J connectivity index is 2.93. The molecule has 0 aliphatic carbocycles. The molecule has 0 fully saturated rings. The average molecular weight is 360 g/mol. The van der Waals surface area contributed by atoms with Crippen molar-refractivity contribution in [1.82, 2.24) is 0 Å². The lowest BCUT2D eigenvalue weighted by atomic mass is 10.2. The summed E-state index contributed by atoms with van der Waals surface area (Å²) in [6, 6.07) is 2.61. The molecule has 0 saturated heterocycles. The Bertz CT molecular complexity index is 681. The van der Waals surface area contributed by atoms with Gasteiger partial charge in [0.2, 0.25) is 0 Å². The Labute approximate surface area is 141 Å². The van der Waals surface area contributed by atoms with Gasteiger partial charge in [-0.05, 0) is 31.5 Å². The normalized spacial score (nSPS) is 12.0. The van der Waals surface area contributed by atoms with Crippen molar-refractivity contribution in [2.45, 2.75) is 32.7 Å². The van der Waals surface area contributed by atoms with Crippen LogP contribution in [0, 0.1) is 0 Å². The molecule has 0 spiro atoms. The summed E-state index contributed by atoms with van der Waals surface area (Å²) in [5.74, 6) is -2.72. The molecular weight excluding hydrogens is 345 g/mol. The van der Waals surface area contributed by atoms with Crippen LogP contribution < -0.4 is 9.47 Å². The fourth-order valence-electron chi connectivity index (χ4n) is 1.61. The molecule has 6 nitrogen and oxygen atoms in total. The highest BCUT2D eigenvalue weighted by molar-refractivity contribution is 5.90. The number of rotatable bonds is 7. The van der Waals surface area contributed by atoms with Crippen molar-refractivity contribution in [3.63, 3.8) is 0 Å². The largest absolute Gasteiger partial charge is 0.573 e. The number of hydrogen-bond acceptors (Lipinski definition) is 6. The number of benzene rings is 1. The minimum absolute atomic E-state index is 0.0773. The first kappa shape index (κ1) is 20.2. The van der Waals surface area contributed by atoms with Gasteiger partial charge in [-0.2, -0.15) is 0 Å². The van der Waals surface area contributed by atoms with Gasteiger partial charge in [0, 0.05) is 5.57 Å². The number of alkyl halides is 3. The topological polar surface area (TPSA) is 78.9 Å². The molecule has 0 aliphatic rings. The van der Waals surface area contributed by atoms with Gasteiger partial charge in [0.15, 0.2) is 12.4 Å². The van der Waals surface area contributed by atoms with Crippen molar-refractivity contribution in [1.29, 1.82) is 0 Å². The molecule has 0 amide bonds. The van der Waals surface area contributed by atoms with Gasteiger partial charge in [0.05, 0.1) is 5.56 Å². The van der Waals surface area contributed by atoms with Crippen LogP contribution in [0.15, 0.2) is 30.4 Å². The highest BCUT2D eigenvalue weighted by Gasteiger charge is 2.31. The zero-order valence-corrected chi connectivity index (χ0v) is 13.4. The van der Waals surface area contributed by atoms with Crippen molar-refractivity contribution in [3.05, 3.63) is 35.9 Å². The van der Waals surface area contributed by atoms with Crippen LogP contribution >= 0.6 is 0 Å². The summed E-state index contributed by atoms with van der Waals surface area (Å²) in [6.07, 6.45) is -5.90. The van der Waals surface area contributed by atoms with E-state index in [1.54, 1.807) is 6.92 Å². The Morgan fingerprint density at radius 2 is 1.96 bits per heavy atom. The summed E-state index contributed by atoms with van der Waals surface area (Å²) >= 11 is 0. The van der Waals surface area contributed by atoms with E-state index in [4.69, 9.17) is 9.47 Å². The summed E-state index contributed by atoms with van der Waals surface area (Å²) in [5, 5.41) is 0. The van der Waals surface area contributed by atoms with E-state index in [0.717, 1.165) is 18.2 Å². The van der Waals surface area contributed by atoms with E-state index in [9.17, 15) is 27.6 Å². The molecule has 0 aliphatic heterocycles. The number of hydrogen-bond donors (Lipinski definition) is 0. The molecule has 1 rings (SSSR count). The van der Waals surface area contributed by atoms with E-state index in [-0.39, 0.29) is 29.6 Å². The lowest BCUT2D eigenvalue weighted by molar-refractivity contribution is -0.274. The molecule has 25 heavy (non-hydrogen) atoms. The lowest BCUT2D eigenvalue weighted by Gasteiger charge is -2.16. The SMILES string of the molecule is C=C(C)C(=O)OC(CC)C(=O)Oc1ccc(OC(F)(F)F)cc1C=O. The van der Waals surface area contributed by atoms with E-state index in [2.05, 4.69) is 11.3 Å². The molecule has 0 radical (unpaired) electrons. The first-order valence-corrected chi connectivity index (χ1v) is 7.00. The third-order valence-corrected chi connectivity index (χ3v) is 2.78. The van der Waals surface area contributed by atoms with Crippen molar-refractivity contribution in [2.24, 2.45) is 0 Å². The number of carbonyl (C=O) groups excluding carboxylic acids is 3. The number of ether oxygens (including phenoxy) is 3. The molecular formula is C16H15F3O6. The minimum Gasteiger partial charge on any atom is -0.447 e. The van der Waals surface area contributed by atoms with Gasteiger partial charge in [-0.15, -0.1) is 13.2 Å². The smallest absolute Gasteiger partial charge is 0.447 e. The van der Waals surface area contributed by atoms with E-state index in [0.29, 0.717) is 0 Å². The third kappa shape index (κ3) is 6.28. The number of carbonyl (C=O) groups is 3. The second-order valence-corrected chi connectivity index (χ2v) is 4.87. The van der Waals surface area contributed by atoms with Crippen molar-refractivity contribution in [2.75, 3.05) is 0 Å². The van der Waals surface area contributed by atoms with E-state index in [1.165, 1.54) is 6.92 Å². The lowest BCUT2D eigenvalue weighted by Crippen LogP contribution is -2.31. The summed E-state index contributed by atoms with van der Waals surface area (Å²) in [4.78, 5) is 34.5. The Kier molecular flexibility index (Phi) is 6.72. The second-order valence-electron chi connectivity index (χ2n) is 4.87. The van der Waals surface area contributed by atoms with Gasteiger partial charge >= 0.3 is 18.3 Å². The van der Waals surface area contributed by atoms with Crippen molar-refractivity contribution >= 4 is 18.2 Å². The van der Waals surface area contributed by atoms with Crippen LogP contribution in [0.25, 0.3) is 0 Å². The molecule has 9 heteroatoms. The fraction of sp³-hybridized carbons (Fsp3) is 0.312. The van der Waals surface area contributed by atoms with Gasteiger partial charge in [0.25, 0.3) is 0 Å². The van der Waals surface area contributed by atoms with Crippen LogP contribution in [-0.2, 0) is 14.3 Å². The van der Waals surface area contributed by atoms with Crippen LogP contribution in [0.5, 0.6) is 11.5 Å². The molecule has 0 heterocycles. The van der Waals surface area contributed by atoms with Crippen molar-refractivity contribution < 1.29 is 41.8 Å². The van der Waals surface area contributed by atoms with Crippen LogP contribution in [0.3, 0.4) is 0 Å². The van der Waals surface area contributed by atoms with Crippen LogP contribution in [0.1, 0.15) is 30.6 Å². The molecule has 0 N–H and O–H groups in total. The molecule has 0 bridgehead atoms. The molecule has 1 aromatic rings. The fourth-order valence-corrected chi connectivity index (χ4v) is 1.61. The van der Waals surface area contributed by atoms with Gasteiger partial charge in [-0.25, -0.2) is 9.59 Å². The van der Waals surface area contributed by atoms with E-state index >= 15 is 0 Å². The maximum Gasteiger partial charge on any atom is 0.573 e. The predicted octanol–water partition coefficient (Wildman–Crippen LogP) is 3.20.